The number of hydrogen-bond acceptors (Lipinski definition) is 5. The van der Waals surface area contributed by atoms with Crippen LogP contribution in [0.1, 0.15) is 17.8 Å². The average molecular weight is 389 g/mol. The second-order valence-electron chi connectivity index (χ2n) is 6.34. The van der Waals surface area contributed by atoms with Gasteiger partial charge in [0.1, 0.15) is 0 Å². The highest BCUT2D eigenvalue weighted by Gasteiger charge is 2.10. The molecule has 0 spiro atoms. The van der Waals surface area contributed by atoms with Crippen molar-refractivity contribution in [2.45, 2.75) is 19.9 Å². The van der Waals surface area contributed by atoms with Gasteiger partial charge in [-0.2, -0.15) is 0 Å². The number of fused-ring (bicyclic) bond motifs is 1. The van der Waals surface area contributed by atoms with Gasteiger partial charge in [-0.15, -0.1) is 12.4 Å². The molecular formula is C20H25ClN4O2. The minimum atomic E-state index is -0.330. The van der Waals surface area contributed by atoms with Crippen LogP contribution < -0.4 is 16.1 Å². The fraction of sp³-hybridized carbons (Fsp3) is 0.300. The molecule has 3 rings (SSSR count). The molecule has 2 aromatic heterocycles. The van der Waals surface area contributed by atoms with Crippen LogP contribution in [0.2, 0.25) is 0 Å². The first-order valence-electron chi connectivity index (χ1n) is 8.74. The molecule has 0 unspecified atom stereocenters. The minimum absolute atomic E-state index is 0. The van der Waals surface area contributed by atoms with Crippen molar-refractivity contribution in [1.29, 1.82) is 0 Å². The van der Waals surface area contributed by atoms with Crippen molar-refractivity contribution in [3.05, 3.63) is 64.2 Å². The summed E-state index contributed by atoms with van der Waals surface area (Å²) in [6.45, 7) is 3.90. The van der Waals surface area contributed by atoms with E-state index >= 15 is 0 Å². The van der Waals surface area contributed by atoms with Crippen LogP contribution in [0.15, 0.2) is 47.4 Å². The molecule has 2 heterocycles. The summed E-state index contributed by atoms with van der Waals surface area (Å²) < 4.78 is 1.84. The summed E-state index contributed by atoms with van der Waals surface area (Å²) >= 11 is 0. The van der Waals surface area contributed by atoms with Crippen LogP contribution in [-0.2, 0) is 13.6 Å². The maximum absolute atomic E-state index is 11.7. The van der Waals surface area contributed by atoms with Gasteiger partial charge in [-0.3, -0.25) is 9.78 Å². The molecule has 0 radical (unpaired) electrons. The van der Waals surface area contributed by atoms with Gasteiger partial charge in [0.2, 0.25) is 5.43 Å². The third-order valence-corrected chi connectivity index (χ3v) is 4.57. The molecule has 0 aliphatic rings. The number of aromatic hydroxyl groups is 1. The lowest BCUT2D eigenvalue weighted by atomic mass is 10.2. The fourth-order valence-electron chi connectivity index (χ4n) is 2.96. The number of benzene rings is 1. The SMILES string of the molecule is Cc1cc(=O)c(O)c(CNCCCNc2ccnc3ccccc23)n1C.Cl. The van der Waals surface area contributed by atoms with Gasteiger partial charge in [-0.25, -0.2) is 0 Å². The van der Waals surface area contributed by atoms with Gasteiger partial charge in [0, 0.05) is 49.2 Å². The smallest absolute Gasteiger partial charge is 0.223 e. The monoisotopic (exact) mass is 388 g/mol. The molecular weight excluding hydrogens is 364 g/mol. The van der Waals surface area contributed by atoms with Crippen LogP contribution in [-0.4, -0.2) is 27.7 Å². The minimum Gasteiger partial charge on any atom is -0.503 e. The van der Waals surface area contributed by atoms with Crippen molar-refractivity contribution in [2.24, 2.45) is 7.05 Å². The fourth-order valence-corrected chi connectivity index (χ4v) is 2.96. The predicted octanol–water partition coefficient (Wildman–Crippen LogP) is 2.96. The number of para-hydroxylation sites is 1. The zero-order valence-electron chi connectivity index (χ0n) is 15.5. The molecule has 0 aliphatic heterocycles. The van der Waals surface area contributed by atoms with Crippen molar-refractivity contribution in [1.82, 2.24) is 14.9 Å². The normalized spacial score (nSPS) is 10.6. The molecule has 6 nitrogen and oxygen atoms in total. The topological polar surface area (TPSA) is 79.2 Å². The van der Waals surface area contributed by atoms with Crippen LogP contribution in [0.5, 0.6) is 5.75 Å². The van der Waals surface area contributed by atoms with Crippen molar-refractivity contribution in [3.63, 3.8) is 0 Å². The molecule has 7 heteroatoms. The molecule has 0 bridgehead atoms. The molecule has 3 aromatic rings. The van der Waals surface area contributed by atoms with Gasteiger partial charge >= 0.3 is 0 Å². The number of rotatable bonds is 7. The highest BCUT2D eigenvalue weighted by Crippen LogP contribution is 2.20. The Balaban J connectivity index is 0.00000261. The number of anilines is 1. The lowest BCUT2D eigenvalue weighted by Crippen LogP contribution is -2.22. The zero-order valence-corrected chi connectivity index (χ0v) is 16.3. The predicted molar refractivity (Wildman–Crippen MR) is 112 cm³/mol. The molecule has 144 valence electrons. The van der Waals surface area contributed by atoms with E-state index < -0.39 is 0 Å². The molecule has 0 saturated heterocycles. The summed E-state index contributed by atoms with van der Waals surface area (Å²) in [7, 11) is 1.85. The number of aryl methyl sites for hydroxylation is 1. The van der Waals surface area contributed by atoms with E-state index in [2.05, 4.69) is 21.7 Å². The van der Waals surface area contributed by atoms with Crippen LogP contribution in [0.25, 0.3) is 10.9 Å². The molecule has 0 fully saturated rings. The average Bonchev–Trinajstić information content (AvgIpc) is 2.65. The number of aromatic nitrogens is 2. The van der Waals surface area contributed by atoms with Gasteiger partial charge in [0.15, 0.2) is 5.75 Å². The standard InChI is InChI=1S/C20H24N4O2.ClH/c1-14-12-19(25)20(26)18(24(14)2)13-21-9-5-10-22-17-8-11-23-16-7-4-3-6-15(16)17;/h3-4,6-8,11-12,21,26H,5,9-10,13H2,1-2H3,(H,22,23);1H. The highest BCUT2D eigenvalue weighted by atomic mass is 35.5. The van der Waals surface area contributed by atoms with Crippen LogP contribution >= 0.6 is 12.4 Å². The van der Waals surface area contributed by atoms with Crippen LogP contribution in [0.3, 0.4) is 0 Å². The molecule has 1 aromatic carbocycles. The van der Waals surface area contributed by atoms with Gasteiger partial charge in [-0.1, -0.05) is 18.2 Å². The number of nitrogens with zero attached hydrogens (tertiary/aromatic N) is 2. The Morgan fingerprint density at radius 1 is 1.19 bits per heavy atom. The molecule has 27 heavy (non-hydrogen) atoms. The first-order valence-corrected chi connectivity index (χ1v) is 8.74. The second kappa shape index (κ2) is 9.39. The van der Waals surface area contributed by atoms with Crippen molar-refractivity contribution >= 4 is 29.0 Å². The van der Waals surface area contributed by atoms with E-state index in [0.717, 1.165) is 41.8 Å². The van der Waals surface area contributed by atoms with Crippen LogP contribution in [0, 0.1) is 6.92 Å². The number of pyridine rings is 2. The Bertz CT molecular complexity index is 967. The summed E-state index contributed by atoms with van der Waals surface area (Å²) in [4.78, 5) is 16.1. The molecule has 0 atom stereocenters. The van der Waals surface area contributed by atoms with Crippen molar-refractivity contribution in [3.8, 4) is 5.75 Å². The Morgan fingerprint density at radius 3 is 2.78 bits per heavy atom. The summed E-state index contributed by atoms with van der Waals surface area (Å²) in [6, 6.07) is 11.5. The Hall–Kier alpha value is -2.57. The quantitative estimate of drug-likeness (QED) is 0.542. The van der Waals surface area contributed by atoms with Gasteiger partial charge in [-0.05, 0) is 32.0 Å². The van der Waals surface area contributed by atoms with Crippen molar-refractivity contribution in [2.75, 3.05) is 18.4 Å². The lowest BCUT2D eigenvalue weighted by molar-refractivity contribution is 0.445. The van der Waals surface area contributed by atoms with Crippen molar-refractivity contribution < 1.29 is 5.11 Å². The maximum atomic E-state index is 11.7. The van der Waals surface area contributed by atoms with Gasteiger partial charge < -0.3 is 20.3 Å². The van der Waals surface area contributed by atoms with E-state index in [4.69, 9.17) is 0 Å². The van der Waals surface area contributed by atoms with E-state index in [1.807, 2.05) is 49.0 Å². The Kier molecular flexibility index (Phi) is 7.21. The third-order valence-electron chi connectivity index (χ3n) is 4.57. The first-order chi connectivity index (χ1) is 12.6. The van der Waals surface area contributed by atoms with E-state index in [1.165, 1.54) is 6.07 Å². The molecule has 0 aliphatic carbocycles. The Morgan fingerprint density at radius 2 is 1.96 bits per heavy atom. The molecule has 0 amide bonds. The number of nitrogens with one attached hydrogen (secondary N) is 2. The van der Waals surface area contributed by atoms with Crippen LogP contribution in [0.4, 0.5) is 5.69 Å². The second-order valence-corrected chi connectivity index (χ2v) is 6.34. The van der Waals surface area contributed by atoms with E-state index in [1.54, 1.807) is 0 Å². The van der Waals surface area contributed by atoms with Gasteiger partial charge in [0.05, 0.1) is 11.2 Å². The third kappa shape index (κ3) is 4.78. The highest BCUT2D eigenvalue weighted by molar-refractivity contribution is 5.90. The molecule has 3 N–H and O–H groups in total. The first kappa shape index (κ1) is 20.7. The van der Waals surface area contributed by atoms with E-state index in [9.17, 15) is 9.90 Å². The summed E-state index contributed by atoms with van der Waals surface area (Å²) in [5.41, 5.74) is 3.17. The maximum Gasteiger partial charge on any atom is 0.223 e. The summed E-state index contributed by atoms with van der Waals surface area (Å²) in [5, 5.41) is 17.8. The van der Waals surface area contributed by atoms with E-state index in [-0.39, 0.29) is 23.6 Å². The summed E-state index contributed by atoms with van der Waals surface area (Å²) in [5.74, 6) is -0.174. The molecule has 0 saturated carbocycles. The Labute approximate surface area is 164 Å². The lowest BCUT2D eigenvalue weighted by Gasteiger charge is -2.14. The van der Waals surface area contributed by atoms with E-state index in [0.29, 0.717) is 12.2 Å². The number of halogens is 1. The largest absolute Gasteiger partial charge is 0.503 e. The van der Waals surface area contributed by atoms with Gasteiger partial charge in [0.25, 0.3) is 0 Å². The number of hydrogen-bond donors (Lipinski definition) is 3. The summed E-state index contributed by atoms with van der Waals surface area (Å²) in [6.07, 6.45) is 2.72. The zero-order chi connectivity index (χ0) is 18.5.